The van der Waals surface area contributed by atoms with Crippen LogP contribution in [0.4, 0.5) is 4.39 Å². The van der Waals surface area contributed by atoms with Gasteiger partial charge in [0.1, 0.15) is 11.9 Å². The van der Waals surface area contributed by atoms with E-state index < -0.39 is 17.8 Å². The van der Waals surface area contributed by atoms with E-state index in [1.165, 1.54) is 24.3 Å². The smallest absolute Gasteiger partial charge is 0.325 e. The standard InChI is InChI=1S/C15H13ClFNO2/c16-13-4-2-1-3-11(13)9-18-14(15(19)20)10-5-7-12(17)8-6-10/h1-8,14,18H,9H2,(H,19,20). The minimum atomic E-state index is -1.02. The van der Waals surface area contributed by atoms with Gasteiger partial charge in [0.2, 0.25) is 0 Å². The van der Waals surface area contributed by atoms with Gasteiger partial charge in [-0.25, -0.2) is 4.39 Å². The zero-order chi connectivity index (χ0) is 14.5. The van der Waals surface area contributed by atoms with E-state index in [4.69, 9.17) is 11.6 Å². The number of aliphatic carboxylic acids is 1. The van der Waals surface area contributed by atoms with Crippen LogP contribution in [0.2, 0.25) is 5.02 Å². The Hall–Kier alpha value is -1.91. The molecule has 0 aromatic heterocycles. The Bertz CT molecular complexity index is 601. The summed E-state index contributed by atoms with van der Waals surface area (Å²) < 4.78 is 12.9. The lowest BCUT2D eigenvalue weighted by molar-refractivity contribution is -0.139. The molecule has 1 atom stereocenters. The molecule has 0 saturated heterocycles. The summed E-state index contributed by atoms with van der Waals surface area (Å²) in [5.41, 5.74) is 1.30. The molecule has 0 amide bonds. The van der Waals surface area contributed by atoms with Crippen LogP contribution in [0.25, 0.3) is 0 Å². The zero-order valence-corrected chi connectivity index (χ0v) is 11.3. The maximum atomic E-state index is 12.9. The Balaban J connectivity index is 2.13. The van der Waals surface area contributed by atoms with E-state index in [-0.39, 0.29) is 0 Å². The molecule has 0 heterocycles. The monoisotopic (exact) mass is 293 g/mol. The number of rotatable bonds is 5. The van der Waals surface area contributed by atoms with Crippen molar-refractivity contribution in [3.8, 4) is 0 Å². The van der Waals surface area contributed by atoms with Gasteiger partial charge in [-0.3, -0.25) is 10.1 Å². The lowest BCUT2D eigenvalue weighted by Gasteiger charge is -2.15. The first-order valence-electron chi connectivity index (χ1n) is 6.03. The first kappa shape index (κ1) is 14.5. The summed E-state index contributed by atoms with van der Waals surface area (Å²) in [4.78, 5) is 11.3. The van der Waals surface area contributed by atoms with E-state index in [2.05, 4.69) is 5.32 Å². The van der Waals surface area contributed by atoms with Gasteiger partial charge in [0.15, 0.2) is 0 Å². The highest BCUT2D eigenvalue weighted by molar-refractivity contribution is 6.31. The fourth-order valence-electron chi connectivity index (χ4n) is 1.86. The number of benzene rings is 2. The Morgan fingerprint density at radius 2 is 1.85 bits per heavy atom. The van der Waals surface area contributed by atoms with Crippen molar-refractivity contribution >= 4 is 17.6 Å². The fourth-order valence-corrected chi connectivity index (χ4v) is 2.06. The first-order valence-corrected chi connectivity index (χ1v) is 6.41. The normalized spacial score (nSPS) is 12.1. The van der Waals surface area contributed by atoms with Gasteiger partial charge in [-0.2, -0.15) is 0 Å². The molecule has 2 N–H and O–H groups in total. The van der Waals surface area contributed by atoms with Gasteiger partial charge >= 0.3 is 5.97 Å². The minimum absolute atomic E-state index is 0.314. The molecule has 20 heavy (non-hydrogen) atoms. The molecule has 1 unspecified atom stereocenters. The van der Waals surface area contributed by atoms with Crippen LogP contribution >= 0.6 is 11.6 Å². The van der Waals surface area contributed by atoms with Crippen LogP contribution in [0.1, 0.15) is 17.2 Å². The predicted octanol–water partition coefficient (Wildman–Crippen LogP) is 3.39. The molecule has 0 aliphatic rings. The quantitative estimate of drug-likeness (QED) is 0.888. The van der Waals surface area contributed by atoms with Gasteiger partial charge in [-0.1, -0.05) is 41.9 Å². The number of nitrogens with one attached hydrogen (secondary N) is 1. The van der Waals surface area contributed by atoms with E-state index in [1.54, 1.807) is 12.1 Å². The average Bonchev–Trinajstić information content (AvgIpc) is 2.42. The third-order valence-corrected chi connectivity index (χ3v) is 3.27. The minimum Gasteiger partial charge on any atom is -0.480 e. The number of hydrogen-bond acceptors (Lipinski definition) is 2. The number of halogens is 2. The molecule has 0 fully saturated rings. The molecule has 2 aromatic rings. The average molecular weight is 294 g/mol. The molecule has 3 nitrogen and oxygen atoms in total. The van der Waals surface area contributed by atoms with E-state index in [0.717, 1.165) is 5.56 Å². The second kappa shape index (κ2) is 6.50. The number of carboxylic acid groups (broad SMARTS) is 1. The van der Waals surface area contributed by atoms with Crippen LogP contribution in [-0.2, 0) is 11.3 Å². The predicted molar refractivity (Wildman–Crippen MR) is 75.1 cm³/mol. The van der Waals surface area contributed by atoms with Crippen molar-refractivity contribution in [1.29, 1.82) is 0 Å². The van der Waals surface area contributed by atoms with Crippen LogP contribution in [0.15, 0.2) is 48.5 Å². The van der Waals surface area contributed by atoms with E-state index in [1.807, 2.05) is 12.1 Å². The van der Waals surface area contributed by atoms with Gasteiger partial charge in [-0.15, -0.1) is 0 Å². The molecular formula is C15H13ClFNO2. The highest BCUT2D eigenvalue weighted by Gasteiger charge is 2.19. The second-order valence-electron chi connectivity index (χ2n) is 4.30. The maximum Gasteiger partial charge on any atom is 0.325 e. The van der Waals surface area contributed by atoms with Crippen LogP contribution in [0, 0.1) is 5.82 Å². The van der Waals surface area contributed by atoms with E-state index in [9.17, 15) is 14.3 Å². The molecule has 2 aromatic carbocycles. The summed E-state index contributed by atoms with van der Waals surface area (Å²) in [6.07, 6.45) is 0. The molecule has 104 valence electrons. The largest absolute Gasteiger partial charge is 0.480 e. The molecule has 0 radical (unpaired) electrons. The number of carboxylic acids is 1. The van der Waals surface area contributed by atoms with Crippen molar-refractivity contribution in [3.63, 3.8) is 0 Å². The summed E-state index contributed by atoms with van der Waals surface area (Å²) in [6.45, 7) is 0.314. The van der Waals surface area contributed by atoms with Crippen LogP contribution < -0.4 is 5.32 Å². The Labute approximate surface area is 121 Å². The fraction of sp³-hybridized carbons (Fsp3) is 0.133. The lowest BCUT2D eigenvalue weighted by Crippen LogP contribution is -2.28. The molecule has 5 heteroatoms. The van der Waals surface area contributed by atoms with Crippen molar-refractivity contribution in [1.82, 2.24) is 5.32 Å². The van der Waals surface area contributed by atoms with Gasteiger partial charge in [0, 0.05) is 11.6 Å². The highest BCUT2D eigenvalue weighted by atomic mass is 35.5. The van der Waals surface area contributed by atoms with Gasteiger partial charge < -0.3 is 5.11 Å². The topological polar surface area (TPSA) is 49.3 Å². The molecule has 0 bridgehead atoms. The van der Waals surface area contributed by atoms with Crippen molar-refractivity contribution < 1.29 is 14.3 Å². The van der Waals surface area contributed by atoms with Crippen molar-refractivity contribution in [2.75, 3.05) is 0 Å². The number of carbonyl (C=O) groups is 1. The summed E-state index contributed by atoms with van der Waals surface area (Å²) in [5, 5.41) is 12.7. The van der Waals surface area contributed by atoms with Crippen molar-refractivity contribution in [2.45, 2.75) is 12.6 Å². The number of hydrogen-bond donors (Lipinski definition) is 2. The lowest BCUT2D eigenvalue weighted by atomic mass is 10.1. The summed E-state index contributed by atoms with van der Waals surface area (Å²) >= 11 is 6.02. The summed E-state index contributed by atoms with van der Waals surface area (Å²) in [5.74, 6) is -1.42. The van der Waals surface area contributed by atoms with Gasteiger partial charge in [0.05, 0.1) is 0 Å². The van der Waals surface area contributed by atoms with Gasteiger partial charge in [-0.05, 0) is 29.3 Å². The third kappa shape index (κ3) is 3.56. The Kier molecular flexibility index (Phi) is 4.71. The van der Waals surface area contributed by atoms with Crippen LogP contribution in [-0.4, -0.2) is 11.1 Å². The maximum absolute atomic E-state index is 12.9. The first-order chi connectivity index (χ1) is 9.58. The third-order valence-electron chi connectivity index (χ3n) is 2.90. The molecule has 0 saturated carbocycles. The van der Waals surface area contributed by atoms with Gasteiger partial charge in [0.25, 0.3) is 0 Å². The van der Waals surface area contributed by atoms with Crippen LogP contribution in [0.5, 0.6) is 0 Å². The van der Waals surface area contributed by atoms with Crippen LogP contribution in [0.3, 0.4) is 0 Å². The van der Waals surface area contributed by atoms with E-state index >= 15 is 0 Å². The highest BCUT2D eigenvalue weighted by Crippen LogP contribution is 2.18. The summed E-state index contributed by atoms with van der Waals surface area (Å²) in [6, 6.07) is 11.7. The molecule has 0 aliphatic carbocycles. The van der Waals surface area contributed by atoms with E-state index in [0.29, 0.717) is 17.1 Å². The Morgan fingerprint density at radius 3 is 2.45 bits per heavy atom. The second-order valence-corrected chi connectivity index (χ2v) is 4.70. The SMILES string of the molecule is O=C(O)C(NCc1ccccc1Cl)c1ccc(F)cc1. The van der Waals surface area contributed by atoms with Crippen molar-refractivity contribution in [2.24, 2.45) is 0 Å². The molecular weight excluding hydrogens is 281 g/mol. The zero-order valence-electron chi connectivity index (χ0n) is 10.5. The molecule has 0 spiro atoms. The molecule has 2 rings (SSSR count). The molecule has 0 aliphatic heterocycles. The summed E-state index contributed by atoms with van der Waals surface area (Å²) in [7, 11) is 0. The Morgan fingerprint density at radius 1 is 1.20 bits per heavy atom. The van der Waals surface area contributed by atoms with Crippen molar-refractivity contribution in [3.05, 3.63) is 70.5 Å².